The van der Waals surface area contributed by atoms with E-state index in [4.69, 9.17) is 4.74 Å². The Hall–Kier alpha value is -2.83. The molecule has 3 rings (SSSR count). The number of carbonyl (C=O) groups excluding carboxylic acids is 2. The third-order valence-corrected chi connectivity index (χ3v) is 4.94. The van der Waals surface area contributed by atoms with E-state index in [1.807, 2.05) is 18.2 Å². The molecule has 150 valence electrons. The average molecular weight is 384 g/mol. The van der Waals surface area contributed by atoms with Crippen molar-refractivity contribution in [1.82, 2.24) is 19.6 Å². The van der Waals surface area contributed by atoms with Crippen LogP contribution in [-0.4, -0.2) is 64.7 Å². The van der Waals surface area contributed by atoms with Gasteiger partial charge in [-0.3, -0.25) is 14.3 Å². The monoisotopic (exact) mass is 384 g/mol. The van der Waals surface area contributed by atoms with Crippen LogP contribution in [0.1, 0.15) is 40.4 Å². The molecule has 7 heteroatoms. The number of hydrogen-bond acceptors (Lipinski definition) is 4. The predicted octanol–water partition coefficient (Wildman–Crippen LogP) is 2.23. The van der Waals surface area contributed by atoms with Gasteiger partial charge >= 0.3 is 0 Å². The van der Waals surface area contributed by atoms with Gasteiger partial charge in [0.1, 0.15) is 11.4 Å². The molecule has 1 aliphatic rings. The van der Waals surface area contributed by atoms with Crippen molar-refractivity contribution in [3.05, 3.63) is 47.3 Å². The predicted molar refractivity (Wildman–Crippen MR) is 107 cm³/mol. The maximum absolute atomic E-state index is 12.9. The molecular weight excluding hydrogens is 356 g/mol. The van der Waals surface area contributed by atoms with Crippen LogP contribution in [0, 0.1) is 5.92 Å². The van der Waals surface area contributed by atoms with Crippen molar-refractivity contribution >= 4 is 11.8 Å². The smallest absolute Gasteiger partial charge is 0.272 e. The summed E-state index contributed by atoms with van der Waals surface area (Å²) < 4.78 is 6.86. The molecular formula is C21H28N4O3. The zero-order chi connectivity index (χ0) is 20.3. The second kappa shape index (κ2) is 8.46. The van der Waals surface area contributed by atoms with E-state index >= 15 is 0 Å². The Labute approximate surface area is 165 Å². The van der Waals surface area contributed by atoms with Crippen LogP contribution < -0.4 is 4.74 Å². The molecule has 1 aliphatic heterocycles. The highest BCUT2D eigenvalue weighted by Crippen LogP contribution is 2.17. The molecule has 1 saturated heterocycles. The van der Waals surface area contributed by atoms with E-state index in [1.54, 1.807) is 40.8 Å². The number of hydrogen-bond donors (Lipinski definition) is 0. The van der Waals surface area contributed by atoms with Gasteiger partial charge < -0.3 is 14.5 Å². The highest BCUT2D eigenvalue weighted by Gasteiger charge is 2.27. The molecule has 0 spiro atoms. The first-order chi connectivity index (χ1) is 13.4. The maximum atomic E-state index is 12.9. The highest BCUT2D eigenvalue weighted by atomic mass is 16.5. The van der Waals surface area contributed by atoms with Crippen molar-refractivity contribution in [1.29, 1.82) is 0 Å². The lowest BCUT2D eigenvalue weighted by Crippen LogP contribution is -2.50. The van der Waals surface area contributed by atoms with Crippen molar-refractivity contribution in [2.45, 2.75) is 20.3 Å². The zero-order valence-corrected chi connectivity index (χ0v) is 17.0. The molecule has 0 N–H and O–H groups in total. The fourth-order valence-electron chi connectivity index (χ4n) is 3.46. The molecule has 0 atom stereocenters. The van der Waals surface area contributed by atoms with E-state index in [1.165, 1.54) is 0 Å². The first kappa shape index (κ1) is 19.9. The summed E-state index contributed by atoms with van der Waals surface area (Å²) in [4.78, 5) is 29.2. The van der Waals surface area contributed by atoms with E-state index in [2.05, 4.69) is 18.9 Å². The Morgan fingerprint density at radius 2 is 1.71 bits per heavy atom. The number of aryl methyl sites for hydroxylation is 1. The Morgan fingerprint density at radius 3 is 2.32 bits per heavy atom. The van der Waals surface area contributed by atoms with Crippen LogP contribution in [0.3, 0.4) is 0 Å². The van der Waals surface area contributed by atoms with Crippen LogP contribution in [0.5, 0.6) is 5.75 Å². The number of carbonyl (C=O) groups is 2. The van der Waals surface area contributed by atoms with Crippen LogP contribution in [0.4, 0.5) is 0 Å². The topological polar surface area (TPSA) is 67.7 Å². The number of rotatable bonds is 5. The number of ether oxygens (including phenoxy) is 1. The molecule has 2 aromatic rings. The third kappa shape index (κ3) is 4.35. The third-order valence-electron chi connectivity index (χ3n) is 4.94. The largest absolute Gasteiger partial charge is 0.497 e. The number of methoxy groups -OCH3 is 1. The molecule has 1 aromatic heterocycles. The van der Waals surface area contributed by atoms with Gasteiger partial charge in [-0.25, -0.2) is 0 Å². The van der Waals surface area contributed by atoms with E-state index in [0.717, 1.165) is 12.1 Å². The second-order valence-corrected chi connectivity index (χ2v) is 7.56. The molecule has 0 radical (unpaired) electrons. The van der Waals surface area contributed by atoms with E-state index in [9.17, 15) is 9.59 Å². The van der Waals surface area contributed by atoms with Gasteiger partial charge in [0.2, 0.25) is 0 Å². The van der Waals surface area contributed by atoms with E-state index < -0.39 is 0 Å². The normalized spacial score (nSPS) is 14.5. The van der Waals surface area contributed by atoms with Gasteiger partial charge in [-0.15, -0.1) is 0 Å². The quantitative estimate of drug-likeness (QED) is 0.793. The summed E-state index contributed by atoms with van der Waals surface area (Å²) in [5, 5.41) is 4.46. The Balaban J connectivity index is 1.62. The standard InChI is InChI=1S/C21H28N4O3/c1-15(2)12-17-14-19(23(3)22-17)21(27)25-10-8-24(9-11-25)20(26)16-6-5-7-18(13-16)28-4/h5-7,13-15H,8-12H2,1-4H3. The molecule has 7 nitrogen and oxygen atoms in total. The number of nitrogens with zero attached hydrogens (tertiary/aromatic N) is 4. The molecule has 0 aliphatic carbocycles. The Morgan fingerprint density at radius 1 is 1.07 bits per heavy atom. The molecule has 2 amide bonds. The molecule has 0 bridgehead atoms. The fourth-order valence-corrected chi connectivity index (χ4v) is 3.46. The maximum Gasteiger partial charge on any atom is 0.272 e. The number of piperazine rings is 1. The van der Waals surface area contributed by atoms with Crippen molar-refractivity contribution < 1.29 is 14.3 Å². The second-order valence-electron chi connectivity index (χ2n) is 7.56. The summed E-state index contributed by atoms with van der Waals surface area (Å²) >= 11 is 0. The minimum atomic E-state index is -0.0363. The van der Waals surface area contributed by atoms with Crippen molar-refractivity contribution in [3.63, 3.8) is 0 Å². The molecule has 2 heterocycles. The number of amides is 2. The SMILES string of the molecule is COc1cccc(C(=O)N2CCN(C(=O)c3cc(CC(C)C)nn3C)CC2)c1. The van der Waals surface area contributed by atoms with Crippen LogP contribution >= 0.6 is 0 Å². The summed E-state index contributed by atoms with van der Waals surface area (Å²) in [5.74, 6) is 1.08. The van der Waals surface area contributed by atoms with Gasteiger partial charge in [0.15, 0.2) is 0 Å². The van der Waals surface area contributed by atoms with Gasteiger partial charge in [-0.05, 0) is 36.6 Å². The summed E-state index contributed by atoms with van der Waals surface area (Å²) in [7, 11) is 3.39. The van der Waals surface area contributed by atoms with Crippen molar-refractivity contribution in [2.24, 2.45) is 13.0 Å². The number of aromatic nitrogens is 2. The van der Waals surface area contributed by atoms with Gasteiger partial charge in [0.25, 0.3) is 11.8 Å². The lowest BCUT2D eigenvalue weighted by molar-refractivity contribution is 0.0529. The molecule has 28 heavy (non-hydrogen) atoms. The molecule has 0 unspecified atom stereocenters. The van der Waals surface area contributed by atoms with E-state index in [-0.39, 0.29) is 11.8 Å². The fraction of sp³-hybridized carbons (Fsp3) is 0.476. The minimum Gasteiger partial charge on any atom is -0.497 e. The summed E-state index contributed by atoms with van der Waals surface area (Å²) in [6, 6.07) is 9.04. The molecule has 1 aromatic carbocycles. The van der Waals surface area contributed by atoms with Crippen molar-refractivity contribution in [2.75, 3.05) is 33.3 Å². The first-order valence-electron chi connectivity index (χ1n) is 9.64. The summed E-state index contributed by atoms with van der Waals surface area (Å²) in [6.45, 7) is 6.32. The number of benzene rings is 1. The van der Waals surface area contributed by atoms with Crippen molar-refractivity contribution in [3.8, 4) is 5.75 Å². The van der Waals surface area contributed by atoms with Crippen LogP contribution in [0.15, 0.2) is 30.3 Å². The minimum absolute atomic E-state index is 0.0292. The van der Waals surface area contributed by atoms with Gasteiger partial charge in [-0.1, -0.05) is 19.9 Å². The Kier molecular flexibility index (Phi) is 6.02. The molecule has 1 fully saturated rings. The van der Waals surface area contributed by atoms with Crippen LogP contribution in [-0.2, 0) is 13.5 Å². The van der Waals surface area contributed by atoms with Crippen LogP contribution in [0.2, 0.25) is 0 Å². The van der Waals surface area contributed by atoms with Gasteiger partial charge in [0.05, 0.1) is 12.8 Å². The Bertz CT molecular complexity index is 851. The molecule has 0 saturated carbocycles. The zero-order valence-electron chi connectivity index (χ0n) is 17.0. The van der Waals surface area contributed by atoms with Gasteiger partial charge in [-0.2, -0.15) is 5.10 Å². The summed E-state index contributed by atoms with van der Waals surface area (Å²) in [6.07, 6.45) is 0.851. The lowest BCUT2D eigenvalue weighted by Gasteiger charge is -2.34. The lowest BCUT2D eigenvalue weighted by atomic mass is 10.1. The van der Waals surface area contributed by atoms with Crippen LogP contribution in [0.25, 0.3) is 0 Å². The van der Waals surface area contributed by atoms with E-state index in [0.29, 0.717) is 49.1 Å². The van der Waals surface area contributed by atoms with Gasteiger partial charge in [0, 0.05) is 38.8 Å². The average Bonchev–Trinajstić information content (AvgIpc) is 3.06. The summed E-state index contributed by atoms with van der Waals surface area (Å²) in [5.41, 5.74) is 2.14. The first-order valence-corrected chi connectivity index (χ1v) is 9.64. The highest BCUT2D eigenvalue weighted by molar-refractivity contribution is 5.95.